The molecule has 0 atom stereocenters. The fourth-order valence-corrected chi connectivity index (χ4v) is 2.45. The van der Waals surface area contributed by atoms with Crippen molar-refractivity contribution in [1.29, 1.82) is 0 Å². The van der Waals surface area contributed by atoms with E-state index in [1.165, 1.54) is 12.2 Å². The van der Waals surface area contributed by atoms with Crippen LogP contribution in [0, 0.1) is 0 Å². The minimum absolute atomic E-state index is 0.238. The van der Waals surface area contributed by atoms with Gasteiger partial charge in [0.2, 0.25) is 0 Å². The Bertz CT molecular complexity index is 131. The van der Waals surface area contributed by atoms with Gasteiger partial charge >= 0.3 is 0 Å². The summed E-state index contributed by atoms with van der Waals surface area (Å²) in [5, 5.41) is 3.25. The molecule has 1 nitrogen and oxygen atoms in total. The van der Waals surface area contributed by atoms with E-state index in [0.717, 1.165) is 4.32 Å². The monoisotopic (exact) mass is 161 g/mol. The lowest BCUT2D eigenvalue weighted by atomic mass is 10.0. The zero-order chi connectivity index (χ0) is 6.91. The lowest BCUT2D eigenvalue weighted by molar-refractivity contribution is 0.449. The topological polar surface area (TPSA) is 12.0 Å². The van der Waals surface area contributed by atoms with Crippen molar-refractivity contribution in [3.8, 4) is 0 Å². The largest absolute Gasteiger partial charge is 0.366 e. The Morgan fingerprint density at radius 3 is 2.67 bits per heavy atom. The number of rotatable bonds is 0. The average molecular weight is 161 g/mol. The number of hydrogen-bond acceptors (Lipinski definition) is 2. The Balaban J connectivity index is 2.51. The highest BCUT2D eigenvalue weighted by Gasteiger charge is 2.22. The van der Waals surface area contributed by atoms with Gasteiger partial charge in [-0.3, -0.25) is 0 Å². The van der Waals surface area contributed by atoms with Crippen molar-refractivity contribution < 1.29 is 0 Å². The van der Waals surface area contributed by atoms with Crippen LogP contribution < -0.4 is 5.32 Å². The summed E-state index contributed by atoms with van der Waals surface area (Å²) < 4.78 is 0.950. The maximum absolute atomic E-state index is 5.01. The predicted octanol–water partition coefficient (Wildman–Crippen LogP) is 1.78. The summed E-state index contributed by atoms with van der Waals surface area (Å²) in [6, 6.07) is 0. The third-order valence-electron chi connectivity index (χ3n) is 1.40. The zero-order valence-corrected chi connectivity index (χ0v) is 7.36. The van der Waals surface area contributed by atoms with E-state index >= 15 is 0 Å². The highest BCUT2D eigenvalue weighted by Crippen LogP contribution is 2.20. The third-order valence-corrected chi connectivity index (χ3v) is 2.63. The molecule has 0 aliphatic carbocycles. The Morgan fingerprint density at radius 1 is 1.67 bits per heavy atom. The summed E-state index contributed by atoms with van der Waals surface area (Å²) in [4.78, 5) is 0. The second-order valence-corrected chi connectivity index (χ2v) is 4.67. The van der Waals surface area contributed by atoms with Gasteiger partial charge in [-0.15, -0.1) is 0 Å². The van der Waals surface area contributed by atoms with Crippen LogP contribution in [0.15, 0.2) is 0 Å². The molecule has 1 saturated heterocycles. The second kappa shape index (κ2) is 2.46. The fraction of sp³-hybridized carbons (Fsp3) is 0.833. The maximum atomic E-state index is 5.01. The van der Waals surface area contributed by atoms with Crippen molar-refractivity contribution in [2.24, 2.45) is 0 Å². The summed E-state index contributed by atoms with van der Waals surface area (Å²) in [6.07, 6.45) is 1.21. The van der Waals surface area contributed by atoms with Gasteiger partial charge in [0.25, 0.3) is 0 Å². The minimum Gasteiger partial charge on any atom is -0.366 e. The molecule has 0 saturated carbocycles. The molecule has 3 heteroatoms. The molecule has 0 aromatic carbocycles. The Morgan fingerprint density at radius 2 is 2.33 bits per heavy atom. The minimum atomic E-state index is 0.238. The molecule has 0 aromatic rings. The van der Waals surface area contributed by atoms with E-state index < -0.39 is 0 Å². The van der Waals surface area contributed by atoms with Crippen molar-refractivity contribution >= 4 is 28.3 Å². The second-order valence-electron chi connectivity index (χ2n) is 2.89. The predicted molar refractivity (Wildman–Crippen MR) is 46.9 cm³/mol. The van der Waals surface area contributed by atoms with E-state index in [1.54, 1.807) is 11.8 Å². The molecule has 0 radical (unpaired) electrons. The smallest absolute Gasteiger partial charge is 0.134 e. The SMILES string of the molecule is CC1(C)CCSC(=S)N1. The number of nitrogens with one attached hydrogen (secondary N) is 1. The first-order chi connectivity index (χ1) is 4.10. The summed E-state index contributed by atoms with van der Waals surface area (Å²) in [7, 11) is 0. The van der Waals surface area contributed by atoms with Gasteiger partial charge in [0.1, 0.15) is 4.32 Å². The molecule has 0 amide bonds. The highest BCUT2D eigenvalue weighted by molar-refractivity contribution is 8.23. The van der Waals surface area contributed by atoms with Crippen molar-refractivity contribution in [2.45, 2.75) is 25.8 Å². The molecule has 1 N–H and O–H groups in total. The van der Waals surface area contributed by atoms with Crippen LogP contribution in [0.1, 0.15) is 20.3 Å². The van der Waals surface area contributed by atoms with E-state index in [1.807, 2.05) is 0 Å². The van der Waals surface area contributed by atoms with Gasteiger partial charge in [0.15, 0.2) is 0 Å². The molecule has 1 fully saturated rings. The van der Waals surface area contributed by atoms with Crippen LogP contribution in [0.2, 0.25) is 0 Å². The van der Waals surface area contributed by atoms with Gasteiger partial charge in [-0.25, -0.2) is 0 Å². The third kappa shape index (κ3) is 2.14. The Labute approximate surface area is 65.6 Å². The molecule has 52 valence electrons. The normalized spacial score (nSPS) is 25.3. The van der Waals surface area contributed by atoms with Gasteiger partial charge in [-0.1, -0.05) is 24.0 Å². The molecule has 1 heterocycles. The molecule has 0 aromatic heterocycles. The lowest BCUT2D eigenvalue weighted by Crippen LogP contribution is -2.45. The molecule has 0 bridgehead atoms. The van der Waals surface area contributed by atoms with Crippen LogP contribution in [0.3, 0.4) is 0 Å². The molecular formula is C6H11NS2. The van der Waals surface area contributed by atoms with E-state index in [4.69, 9.17) is 12.2 Å². The van der Waals surface area contributed by atoms with Gasteiger partial charge in [-0.2, -0.15) is 0 Å². The average Bonchev–Trinajstić information content (AvgIpc) is 1.60. The summed E-state index contributed by atoms with van der Waals surface area (Å²) >= 11 is 6.75. The van der Waals surface area contributed by atoms with Crippen LogP contribution in [-0.4, -0.2) is 15.6 Å². The molecule has 1 aliphatic heterocycles. The summed E-state index contributed by atoms with van der Waals surface area (Å²) in [5.41, 5.74) is 0.238. The van der Waals surface area contributed by atoms with E-state index in [0.29, 0.717) is 0 Å². The fourth-order valence-electron chi connectivity index (χ4n) is 0.774. The molecule has 1 aliphatic rings. The van der Waals surface area contributed by atoms with Gasteiger partial charge in [-0.05, 0) is 20.3 Å². The molecule has 9 heavy (non-hydrogen) atoms. The van der Waals surface area contributed by atoms with Crippen LogP contribution in [0.5, 0.6) is 0 Å². The highest BCUT2D eigenvalue weighted by atomic mass is 32.2. The Kier molecular flexibility index (Phi) is 2.01. The Hall–Kier alpha value is 0.240. The van der Waals surface area contributed by atoms with E-state index in [9.17, 15) is 0 Å². The van der Waals surface area contributed by atoms with Crippen molar-refractivity contribution in [2.75, 3.05) is 5.75 Å². The number of thioether (sulfide) groups is 1. The summed E-state index contributed by atoms with van der Waals surface area (Å²) in [6.45, 7) is 4.36. The first-order valence-electron chi connectivity index (χ1n) is 3.05. The van der Waals surface area contributed by atoms with Gasteiger partial charge in [0.05, 0.1) is 0 Å². The first-order valence-corrected chi connectivity index (χ1v) is 4.44. The summed E-state index contributed by atoms with van der Waals surface area (Å²) in [5.74, 6) is 1.17. The van der Waals surface area contributed by atoms with Crippen LogP contribution in [-0.2, 0) is 0 Å². The van der Waals surface area contributed by atoms with Crippen LogP contribution in [0.25, 0.3) is 0 Å². The van der Waals surface area contributed by atoms with Crippen LogP contribution >= 0.6 is 24.0 Å². The first kappa shape index (κ1) is 7.35. The number of hydrogen-bond donors (Lipinski definition) is 1. The van der Waals surface area contributed by atoms with Crippen LogP contribution in [0.4, 0.5) is 0 Å². The van der Waals surface area contributed by atoms with Crippen molar-refractivity contribution in [1.82, 2.24) is 5.32 Å². The maximum Gasteiger partial charge on any atom is 0.134 e. The zero-order valence-electron chi connectivity index (χ0n) is 5.73. The molecule has 1 rings (SSSR count). The van der Waals surface area contributed by atoms with Crippen molar-refractivity contribution in [3.63, 3.8) is 0 Å². The van der Waals surface area contributed by atoms with Gasteiger partial charge in [0, 0.05) is 11.3 Å². The molecule has 0 unspecified atom stereocenters. The lowest BCUT2D eigenvalue weighted by Gasteiger charge is -2.31. The van der Waals surface area contributed by atoms with Crippen molar-refractivity contribution in [3.05, 3.63) is 0 Å². The van der Waals surface area contributed by atoms with E-state index in [2.05, 4.69) is 19.2 Å². The van der Waals surface area contributed by atoms with E-state index in [-0.39, 0.29) is 5.54 Å². The van der Waals surface area contributed by atoms with Gasteiger partial charge < -0.3 is 5.32 Å². The molecule has 0 spiro atoms. The molecular weight excluding hydrogens is 150 g/mol. The standard InChI is InChI=1S/C6H11NS2/c1-6(2)3-4-9-5(8)7-6/h3-4H2,1-2H3,(H,7,8). The number of thiocarbonyl (C=S) groups is 1. The quantitative estimate of drug-likeness (QED) is 0.544.